The van der Waals surface area contributed by atoms with Gasteiger partial charge in [-0.15, -0.1) is 0 Å². The standard InChI is InChI=1S/C24H32N6O7S2/c1-25-38(32,33)21-4-2-3-20(10-21)36-16-19(31)13-26-18-11-24(37-15-18)5-7-30(8-6-24)39(34,35)22-9-17-12-28-29-23(17)27-14-22/h2-4,9-10,12,14,18-19,25-26,31H,5-8,11,13,15-16H2,1H3,(H,27,28,29)/t18-,19+/m1/s1. The fourth-order valence-electron chi connectivity index (χ4n) is 4.97. The molecule has 2 aliphatic heterocycles. The van der Waals surface area contributed by atoms with Crippen molar-refractivity contribution in [1.82, 2.24) is 29.5 Å². The molecule has 2 fully saturated rings. The SMILES string of the molecule is CNS(=O)(=O)c1cccc(OC[C@@H](O)CN[C@H]2COC3(CCN(S(=O)(=O)c4cnc5[nH]ncc5c4)CC3)C2)c1. The van der Waals surface area contributed by atoms with Crippen molar-refractivity contribution >= 4 is 31.1 Å². The summed E-state index contributed by atoms with van der Waals surface area (Å²) in [4.78, 5) is 4.38. The van der Waals surface area contributed by atoms with Gasteiger partial charge in [-0.25, -0.2) is 26.5 Å². The van der Waals surface area contributed by atoms with Crippen LogP contribution in [0.5, 0.6) is 5.75 Å². The molecule has 5 rings (SSSR count). The first-order valence-corrected chi connectivity index (χ1v) is 15.5. The lowest BCUT2D eigenvalue weighted by Gasteiger charge is -2.38. The summed E-state index contributed by atoms with van der Waals surface area (Å²) >= 11 is 0. The highest BCUT2D eigenvalue weighted by Crippen LogP contribution is 2.37. The van der Waals surface area contributed by atoms with Gasteiger partial charge in [0.05, 0.1) is 23.3 Å². The third-order valence-corrected chi connectivity index (χ3v) is 10.5. The van der Waals surface area contributed by atoms with Crippen LogP contribution in [0.15, 0.2) is 52.5 Å². The molecule has 212 valence electrons. The lowest BCUT2D eigenvalue weighted by Crippen LogP contribution is -2.47. The number of aliphatic hydroxyl groups is 1. The fraction of sp³-hybridized carbons (Fsp3) is 0.500. The van der Waals surface area contributed by atoms with E-state index in [4.69, 9.17) is 9.47 Å². The molecule has 4 heterocycles. The molecule has 0 aliphatic carbocycles. The molecule has 15 heteroatoms. The van der Waals surface area contributed by atoms with Crippen LogP contribution in [-0.4, -0.2) is 99.1 Å². The highest BCUT2D eigenvalue weighted by Gasteiger charge is 2.44. The number of fused-ring (bicyclic) bond motifs is 1. The molecule has 1 spiro atoms. The summed E-state index contributed by atoms with van der Waals surface area (Å²) in [5, 5.41) is 20.9. The van der Waals surface area contributed by atoms with Crippen molar-refractivity contribution in [3.63, 3.8) is 0 Å². The van der Waals surface area contributed by atoms with Crippen molar-refractivity contribution in [2.45, 2.75) is 46.8 Å². The zero-order chi connectivity index (χ0) is 27.7. The van der Waals surface area contributed by atoms with E-state index in [1.165, 1.54) is 29.7 Å². The molecular weight excluding hydrogens is 548 g/mol. The minimum Gasteiger partial charge on any atom is -0.491 e. The molecule has 2 aromatic heterocycles. The van der Waals surface area contributed by atoms with Crippen LogP contribution in [0.2, 0.25) is 0 Å². The molecule has 39 heavy (non-hydrogen) atoms. The number of rotatable bonds is 10. The Hall–Kier alpha value is -2.66. The summed E-state index contributed by atoms with van der Waals surface area (Å²) in [6.45, 7) is 1.41. The number of piperidine rings is 1. The number of benzene rings is 1. The van der Waals surface area contributed by atoms with Crippen molar-refractivity contribution in [2.24, 2.45) is 0 Å². The molecule has 0 unspecified atom stereocenters. The summed E-state index contributed by atoms with van der Waals surface area (Å²) in [5.74, 6) is 0.343. The second-order valence-corrected chi connectivity index (χ2v) is 13.7. The van der Waals surface area contributed by atoms with Gasteiger partial charge in [0.15, 0.2) is 5.65 Å². The number of aromatic amines is 1. The van der Waals surface area contributed by atoms with E-state index in [2.05, 4.69) is 25.2 Å². The summed E-state index contributed by atoms with van der Waals surface area (Å²) in [5.41, 5.74) is 0.132. The number of H-pyrrole nitrogens is 1. The number of ether oxygens (including phenoxy) is 2. The summed E-state index contributed by atoms with van der Waals surface area (Å²) in [6.07, 6.45) is 3.93. The lowest BCUT2D eigenvalue weighted by molar-refractivity contribution is -0.0312. The van der Waals surface area contributed by atoms with Crippen molar-refractivity contribution in [2.75, 3.05) is 39.9 Å². The average molecular weight is 581 g/mol. The van der Waals surface area contributed by atoms with Crippen LogP contribution >= 0.6 is 0 Å². The Labute approximate surface area is 227 Å². The van der Waals surface area contributed by atoms with Gasteiger partial charge >= 0.3 is 0 Å². The fourth-order valence-corrected chi connectivity index (χ4v) is 7.16. The molecule has 0 saturated carbocycles. The van der Waals surface area contributed by atoms with Crippen LogP contribution in [0, 0.1) is 0 Å². The molecule has 0 amide bonds. The third-order valence-electron chi connectivity index (χ3n) is 7.22. The van der Waals surface area contributed by atoms with Gasteiger partial charge in [-0.05, 0) is 44.5 Å². The number of nitrogens with one attached hydrogen (secondary N) is 3. The van der Waals surface area contributed by atoms with Gasteiger partial charge in [-0.1, -0.05) is 6.07 Å². The maximum absolute atomic E-state index is 13.2. The number of hydrogen-bond donors (Lipinski definition) is 4. The molecule has 0 radical (unpaired) electrons. The summed E-state index contributed by atoms with van der Waals surface area (Å²) < 4.78 is 65.7. The Bertz CT molecular complexity index is 1520. The quantitative estimate of drug-likeness (QED) is 0.259. The Kier molecular flexibility index (Phi) is 7.92. The molecule has 0 bridgehead atoms. The molecule has 2 aliphatic rings. The Morgan fingerprint density at radius 2 is 2.00 bits per heavy atom. The van der Waals surface area contributed by atoms with Crippen LogP contribution in [0.1, 0.15) is 19.3 Å². The first kappa shape index (κ1) is 27.9. The van der Waals surface area contributed by atoms with E-state index < -0.39 is 31.8 Å². The van der Waals surface area contributed by atoms with E-state index in [-0.39, 0.29) is 29.0 Å². The molecular formula is C24H32N6O7S2. The lowest BCUT2D eigenvalue weighted by atomic mass is 9.88. The van der Waals surface area contributed by atoms with Crippen LogP contribution < -0.4 is 14.8 Å². The molecule has 1 aromatic carbocycles. The second-order valence-electron chi connectivity index (χ2n) is 9.83. The van der Waals surface area contributed by atoms with E-state index in [9.17, 15) is 21.9 Å². The maximum Gasteiger partial charge on any atom is 0.244 e. The van der Waals surface area contributed by atoms with Gasteiger partial charge in [0, 0.05) is 43.3 Å². The van der Waals surface area contributed by atoms with Gasteiger partial charge in [0.25, 0.3) is 0 Å². The molecule has 2 saturated heterocycles. The number of aromatic nitrogens is 3. The minimum absolute atomic E-state index is 0.0128. The van der Waals surface area contributed by atoms with Gasteiger partial charge in [0.2, 0.25) is 20.0 Å². The number of pyridine rings is 1. The highest BCUT2D eigenvalue weighted by molar-refractivity contribution is 7.89. The Balaban J connectivity index is 1.08. The van der Waals surface area contributed by atoms with E-state index in [1.54, 1.807) is 24.4 Å². The second kappa shape index (κ2) is 11.1. The molecule has 2 atom stereocenters. The van der Waals surface area contributed by atoms with Crippen LogP contribution in [0.25, 0.3) is 11.0 Å². The van der Waals surface area contributed by atoms with Gasteiger partial charge < -0.3 is 19.9 Å². The zero-order valence-electron chi connectivity index (χ0n) is 21.4. The highest BCUT2D eigenvalue weighted by atomic mass is 32.2. The predicted molar refractivity (Wildman–Crippen MR) is 141 cm³/mol. The number of aliphatic hydroxyl groups excluding tert-OH is 1. The van der Waals surface area contributed by atoms with Gasteiger partial charge in [-0.2, -0.15) is 9.40 Å². The topological polar surface area (TPSA) is 176 Å². The van der Waals surface area contributed by atoms with Crippen molar-refractivity contribution < 1.29 is 31.4 Å². The number of hydrogen-bond acceptors (Lipinski definition) is 10. The summed E-state index contributed by atoms with van der Waals surface area (Å²) in [6, 6.07) is 7.66. The predicted octanol–water partition coefficient (Wildman–Crippen LogP) is 0.208. The van der Waals surface area contributed by atoms with E-state index in [0.29, 0.717) is 55.7 Å². The normalized spacial score (nSPS) is 20.9. The van der Waals surface area contributed by atoms with E-state index >= 15 is 0 Å². The number of nitrogens with zero attached hydrogens (tertiary/aromatic N) is 3. The summed E-state index contributed by atoms with van der Waals surface area (Å²) in [7, 11) is -5.93. The van der Waals surface area contributed by atoms with Crippen LogP contribution in [-0.2, 0) is 24.8 Å². The largest absolute Gasteiger partial charge is 0.491 e. The zero-order valence-corrected chi connectivity index (χ0v) is 23.0. The van der Waals surface area contributed by atoms with Crippen LogP contribution in [0.4, 0.5) is 0 Å². The Morgan fingerprint density at radius 1 is 1.21 bits per heavy atom. The molecule has 13 nitrogen and oxygen atoms in total. The maximum atomic E-state index is 13.2. The smallest absolute Gasteiger partial charge is 0.244 e. The van der Waals surface area contributed by atoms with Gasteiger partial charge in [0.1, 0.15) is 23.4 Å². The molecule has 4 N–H and O–H groups in total. The minimum atomic E-state index is -3.68. The van der Waals surface area contributed by atoms with E-state index in [0.717, 1.165) is 0 Å². The third kappa shape index (κ3) is 6.09. The first-order chi connectivity index (χ1) is 18.6. The van der Waals surface area contributed by atoms with Crippen molar-refractivity contribution in [1.29, 1.82) is 0 Å². The van der Waals surface area contributed by atoms with Crippen LogP contribution in [0.3, 0.4) is 0 Å². The van der Waals surface area contributed by atoms with E-state index in [1.807, 2.05) is 0 Å². The monoisotopic (exact) mass is 580 g/mol. The number of sulfonamides is 2. The van der Waals surface area contributed by atoms with Crippen molar-refractivity contribution in [3.05, 3.63) is 42.7 Å². The first-order valence-electron chi connectivity index (χ1n) is 12.6. The average Bonchev–Trinajstić information content (AvgIpc) is 3.58. The Morgan fingerprint density at radius 3 is 2.77 bits per heavy atom. The van der Waals surface area contributed by atoms with Crippen molar-refractivity contribution in [3.8, 4) is 5.75 Å². The molecule has 3 aromatic rings. The van der Waals surface area contributed by atoms with Gasteiger partial charge in [-0.3, -0.25) is 5.10 Å².